The average molecular weight is 327 g/mol. The molecule has 7 heteroatoms. The molecule has 0 aliphatic heterocycles. The van der Waals surface area contributed by atoms with Crippen molar-refractivity contribution in [1.82, 2.24) is 10.0 Å². The van der Waals surface area contributed by atoms with Gasteiger partial charge in [-0.15, -0.1) is 0 Å². The van der Waals surface area contributed by atoms with Gasteiger partial charge in [0.2, 0.25) is 10.0 Å². The zero-order valence-corrected chi connectivity index (χ0v) is 14.2. The lowest BCUT2D eigenvalue weighted by molar-refractivity contribution is 0.0954. The Bertz CT molecular complexity index is 566. The Kier molecular flexibility index (Phi) is 7.34. The predicted octanol–water partition coefficient (Wildman–Crippen LogP) is 1.20. The summed E-state index contributed by atoms with van der Waals surface area (Å²) in [6.07, 6.45) is 0. The molecule has 0 atom stereocenters. The quantitative estimate of drug-likeness (QED) is 0.668. The fraction of sp³-hybridized carbons (Fsp3) is 0.533. The maximum atomic E-state index is 12.0. The minimum atomic E-state index is -3.21. The van der Waals surface area contributed by atoms with E-state index in [0.29, 0.717) is 5.56 Å². The SMILES string of the molecule is CCN(CC)c1ccc(C(=O)NCCNS(=O)(=O)CC)cc1. The second kappa shape index (κ2) is 8.75. The molecule has 124 valence electrons. The monoisotopic (exact) mass is 327 g/mol. The molecule has 0 aliphatic carbocycles. The molecule has 0 radical (unpaired) electrons. The van der Waals surface area contributed by atoms with Crippen molar-refractivity contribution in [3.05, 3.63) is 29.8 Å². The van der Waals surface area contributed by atoms with Crippen LogP contribution in [0.5, 0.6) is 0 Å². The summed E-state index contributed by atoms with van der Waals surface area (Å²) in [6, 6.07) is 7.39. The molecule has 0 fully saturated rings. The summed E-state index contributed by atoms with van der Waals surface area (Å²) in [6.45, 7) is 8.02. The van der Waals surface area contributed by atoms with Crippen LogP contribution in [-0.4, -0.2) is 46.3 Å². The molecule has 0 unspecified atom stereocenters. The van der Waals surface area contributed by atoms with Crippen LogP contribution in [-0.2, 0) is 10.0 Å². The van der Waals surface area contributed by atoms with Gasteiger partial charge in [0, 0.05) is 37.4 Å². The number of benzene rings is 1. The largest absolute Gasteiger partial charge is 0.372 e. The van der Waals surface area contributed by atoms with Gasteiger partial charge in [-0.3, -0.25) is 4.79 Å². The molecule has 0 saturated carbocycles. The van der Waals surface area contributed by atoms with Gasteiger partial charge in [-0.25, -0.2) is 13.1 Å². The first kappa shape index (κ1) is 18.4. The first-order valence-electron chi connectivity index (χ1n) is 7.54. The van der Waals surface area contributed by atoms with Crippen molar-refractivity contribution in [3.63, 3.8) is 0 Å². The fourth-order valence-corrected chi connectivity index (χ4v) is 2.62. The minimum Gasteiger partial charge on any atom is -0.372 e. The van der Waals surface area contributed by atoms with E-state index in [2.05, 4.69) is 28.8 Å². The Morgan fingerprint density at radius 1 is 1.05 bits per heavy atom. The summed E-state index contributed by atoms with van der Waals surface area (Å²) in [4.78, 5) is 14.2. The molecule has 1 amide bonds. The van der Waals surface area contributed by atoms with Crippen molar-refractivity contribution in [2.45, 2.75) is 20.8 Å². The van der Waals surface area contributed by atoms with Crippen molar-refractivity contribution in [1.29, 1.82) is 0 Å². The predicted molar refractivity (Wildman–Crippen MR) is 89.8 cm³/mol. The van der Waals surface area contributed by atoms with Crippen molar-refractivity contribution in [2.75, 3.05) is 36.8 Å². The number of nitrogens with zero attached hydrogens (tertiary/aromatic N) is 1. The highest BCUT2D eigenvalue weighted by Crippen LogP contribution is 2.14. The number of nitrogens with one attached hydrogen (secondary N) is 2. The fourth-order valence-electron chi connectivity index (χ4n) is 2.00. The maximum absolute atomic E-state index is 12.0. The Morgan fingerprint density at radius 2 is 1.64 bits per heavy atom. The van der Waals surface area contributed by atoms with Crippen molar-refractivity contribution < 1.29 is 13.2 Å². The van der Waals surface area contributed by atoms with Crippen LogP contribution in [0.15, 0.2) is 24.3 Å². The lowest BCUT2D eigenvalue weighted by Gasteiger charge is -2.21. The van der Waals surface area contributed by atoms with Gasteiger partial charge in [0.25, 0.3) is 5.91 Å². The van der Waals surface area contributed by atoms with Gasteiger partial charge >= 0.3 is 0 Å². The van der Waals surface area contributed by atoms with E-state index in [4.69, 9.17) is 0 Å². The minimum absolute atomic E-state index is 0.0355. The Morgan fingerprint density at radius 3 is 2.14 bits per heavy atom. The standard InChI is InChI=1S/C15H25N3O3S/c1-4-18(5-2)14-9-7-13(8-10-14)15(19)16-11-12-17-22(20,21)6-3/h7-10,17H,4-6,11-12H2,1-3H3,(H,16,19). The van der Waals surface area contributed by atoms with Crippen molar-refractivity contribution in [2.24, 2.45) is 0 Å². The van der Waals surface area contributed by atoms with E-state index in [1.54, 1.807) is 19.1 Å². The molecule has 1 aromatic rings. The van der Waals surface area contributed by atoms with Crippen LogP contribution in [0.2, 0.25) is 0 Å². The molecule has 0 aromatic heterocycles. The number of sulfonamides is 1. The summed E-state index contributed by atoms with van der Waals surface area (Å²) >= 11 is 0. The molecule has 22 heavy (non-hydrogen) atoms. The second-order valence-electron chi connectivity index (χ2n) is 4.77. The van der Waals surface area contributed by atoms with Gasteiger partial charge in [0.15, 0.2) is 0 Å². The Balaban J connectivity index is 2.49. The summed E-state index contributed by atoms with van der Waals surface area (Å²) in [5, 5.41) is 2.69. The smallest absolute Gasteiger partial charge is 0.251 e. The molecule has 0 bridgehead atoms. The number of carbonyl (C=O) groups is 1. The topological polar surface area (TPSA) is 78.5 Å². The van der Waals surface area contributed by atoms with Gasteiger partial charge in [-0.1, -0.05) is 0 Å². The van der Waals surface area contributed by atoms with Crippen molar-refractivity contribution >= 4 is 21.6 Å². The number of rotatable bonds is 9. The summed E-state index contributed by atoms with van der Waals surface area (Å²) < 4.78 is 24.9. The first-order valence-corrected chi connectivity index (χ1v) is 9.19. The third kappa shape index (κ3) is 5.65. The van der Waals surface area contributed by atoms with E-state index in [1.165, 1.54) is 0 Å². The van der Waals surface area contributed by atoms with E-state index in [-0.39, 0.29) is 24.7 Å². The average Bonchev–Trinajstić information content (AvgIpc) is 2.53. The van der Waals surface area contributed by atoms with Crippen LogP contribution in [0.3, 0.4) is 0 Å². The van der Waals surface area contributed by atoms with Crippen LogP contribution in [0.4, 0.5) is 5.69 Å². The van der Waals surface area contributed by atoms with E-state index >= 15 is 0 Å². The van der Waals surface area contributed by atoms with Crippen LogP contribution < -0.4 is 14.9 Å². The first-order chi connectivity index (χ1) is 10.4. The lowest BCUT2D eigenvalue weighted by atomic mass is 10.2. The van der Waals surface area contributed by atoms with Gasteiger partial charge in [-0.2, -0.15) is 0 Å². The molecular formula is C15H25N3O3S. The third-order valence-corrected chi connectivity index (χ3v) is 4.77. The zero-order valence-electron chi connectivity index (χ0n) is 13.4. The van der Waals surface area contributed by atoms with Gasteiger partial charge in [-0.05, 0) is 45.0 Å². The second-order valence-corrected chi connectivity index (χ2v) is 6.87. The summed E-state index contributed by atoms with van der Waals surface area (Å²) in [5.41, 5.74) is 1.64. The van der Waals surface area contributed by atoms with Crippen LogP contribution in [0.25, 0.3) is 0 Å². The van der Waals surface area contributed by atoms with Gasteiger partial charge < -0.3 is 10.2 Å². The molecule has 6 nitrogen and oxygen atoms in total. The highest BCUT2D eigenvalue weighted by molar-refractivity contribution is 7.89. The number of hydrogen-bond acceptors (Lipinski definition) is 4. The molecule has 0 spiro atoms. The van der Waals surface area contributed by atoms with Crippen LogP contribution in [0.1, 0.15) is 31.1 Å². The maximum Gasteiger partial charge on any atom is 0.251 e. The third-order valence-electron chi connectivity index (χ3n) is 3.37. The molecule has 1 aromatic carbocycles. The normalized spacial score (nSPS) is 11.2. The van der Waals surface area contributed by atoms with Gasteiger partial charge in [0.1, 0.15) is 0 Å². The van der Waals surface area contributed by atoms with Crippen molar-refractivity contribution in [3.8, 4) is 0 Å². The number of anilines is 1. The summed E-state index contributed by atoms with van der Waals surface area (Å²) in [5.74, 6) is -0.171. The molecule has 2 N–H and O–H groups in total. The lowest BCUT2D eigenvalue weighted by Crippen LogP contribution is -2.35. The number of carbonyl (C=O) groups excluding carboxylic acids is 1. The van der Waals surface area contributed by atoms with Gasteiger partial charge in [0.05, 0.1) is 5.75 Å². The zero-order chi connectivity index (χ0) is 16.6. The molecule has 1 rings (SSSR count). The number of amides is 1. The summed E-state index contributed by atoms with van der Waals surface area (Å²) in [7, 11) is -3.21. The van der Waals surface area contributed by atoms with E-state index in [0.717, 1.165) is 18.8 Å². The molecule has 0 saturated heterocycles. The van der Waals surface area contributed by atoms with Crippen LogP contribution >= 0.6 is 0 Å². The molecular weight excluding hydrogens is 302 g/mol. The highest BCUT2D eigenvalue weighted by atomic mass is 32.2. The highest BCUT2D eigenvalue weighted by Gasteiger charge is 2.08. The Hall–Kier alpha value is -1.60. The molecule has 0 heterocycles. The van der Waals surface area contributed by atoms with E-state index in [9.17, 15) is 13.2 Å². The number of hydrogen-bond donors (Lipinski definition) is 2. The molecule has 0 aliphatic rings. The van der Waals surface area contributed by atoms with E-state index < -0.39 is 10.0 Å². The van der Waals surface area contributed by atoms with Crippen LogP contribution in [0, 0.1) is 0 Å². The Labute approximate surface area is 132 Å². The van der Waals surface area contributed by atoms with E-state index in [1.807, 2.05) is 12.1 Å².